The predicted molar refractivity (Wildman–Crippen MR) is 27.2 cm³/mol. The quantitative estimate of drug-likeness (QED) is 0.476. The second-order valence-electron chi connectivity index (χ2n) is 1.62. The summed E-state index contributed by atoms with van der Waals surface area (Å²) in [5, 5.41) is 8.19. The van der Waals surface area contributed by atoms with E-state index in [2.05, 4.69) is 4.74 Å². The van der Waals surface area contributed by atoms with E-state index in [9.17, 15) is 4.79 Å². The van der Waals surface area contributed by atoms with Crippen LogP contribution in [-0.4, -0.2) is 23.9 Å². The van der Waals surface area contributed by atoms with Gasteiger partial charge in [-0.3, -0.25) is 5.73 Å². The van der Waals surface area contributed by atoms with Gasteiger partial charge < -0.3 is 9.84 Å². The van der Waals surface area contributed by atoms with E-state index in [-0.39, 0.29) is 0 Å². The highest BCUT2D eigenvalue weighted by molar-refractivity contribution is 5.75. The standard InChI is InChI=1S/C4H9NO3/c1-4(5,8-2)3(6)7/h5H2,1-2H3,(H,6,7)/t4-/m1/s1. The normalized spacial score (nSPS) is 17.4. The summed E-state index contributed by atoms with van der Waals surface area (Å²) in [5.74, 6) is -1.17. The number of nitrogens with two attached hydrogens (primary N) is 1. The van der Waals surface area contributed by atoms with E-state index in [0.717, 1.165) is 0 Å². The maximum atomic E-state index is 10.0. The van der Waals surface area contributed by atoms with Gasteiger partial charge in [-0.2, -0.15) is 0 Å². The lowest BCUT2D eigenvalue weighted by atomic mass is 10.3. The van der Waals surface area contributed by atoms with Gasteiger partial charge in [-0.25, -0.2) is 4.79 Å². The zero-order valence-electron chi connectivity index (χ0n) is 4.84. The highest BCUT2D eigenvalue weighted by Crippen LogP contribution is 1.96. The second-order valence-corrected chi connectivity index (χ2v) is 1.62. The van der Waals surface area contributed by atoms with Crippen molar-refractivity contribution in [2.75, 3.05) is 7.11 Å². The molecule has 3 N–H and O–H groups in total. The summed E-state index contributed by atoms with van der Waals surface area (Å²) in [4.78, 5) is 10.0. The maximum Gasteiger partial charge on any atom is 0.350 e. The maximum absolute atomic E-state index is 10.0. The van der Waals surface area contributed by atoms with E-state index in [0.29, 0.717) is 0 Å². The zero-order valence-corrected chi connectivity index (χ0v) is 4.84. The third-order valence-electron chi connectivity index (χ3n) is 0.849. The number of carboxylic acid groups (broad SMARTS) is 1. The molecular weight excluding hydrogens is 110 g/mol. The van der Waals surface area contributed by atoms with E-state index in [1.807, 2.05) is 0 Å². The number of carbonyl (C=O) groups is 1. The Morgan fingerprint density at radius 1 is 1.88 bits per heavy atom. The van der Waals surface area contributed by atoms with Gasteiger partial charge in [0.15, 0.2) is 0 Å². The lowest BCUT2D eigenvalue weighted by molar-refractivity contribution is -0.159. The van der Waals surface area contributed by atoms with Crippen molar-refractivity contribution in [1.82, 2.24) is 0 Å². The SMILES string of the molecule is CO[C@@](C)(N)C(=O)O. The fourth-order valence-electron chi connectivity index (χ4n) is 0.0873. The smallest absolute Gasteiger partial charge is 0.350 e. The third-order valence-corrected chi connectivity index (χ3v) is 0.849. The number of methoxy groups -OCH3 is 1. The summed E-state index contributed by atoms with van der Waals surface area (Å²) < 4.78 is 4.38. The van der Waals surface area contributed by atoms with E-state index in [1.165, 1.54) is 14.0 Å². The van der Waals surface area contributed by atoms with Gasteiger partial charge in [0.1, 0.15) is 0 Å². The molecule has 0 bridgehead atoms. The van der Waals surface area contributed by atoms with Crippen molar-refractivity contribution in [3.8, 4) is 0 Å². The second kappa shape index (κ2) is 2.11. The molecule has 4 nitrogen and oxygen atoms in total. The van der Waals surface area contributed by atoms with Crippen molar-refractivity contribution >= 4 is 5.97 Å². The van der Waals surface area contributed by atoms with Gasteiger partial charge in [-0.15, -0.1) is 0 Å². The number of ether oxygens (including phenoxy) is 1. The Morgan fingerprint density at radius 2 is 2.25 bits per heavy atom. The van der Waals surface area contributed by atoms with Crippen LogP contribution in [0.5, 0.6) is 0 Å². The van der Waals surface area contributed by atoms with Gasteiger partial charge in [-0.05, 0) is 6.92 Å². The molecule has 0 heterocycles. The Labute approximate surface area is 47.2 Å². The molecule has 0 amide bonds. The molecule has 0 spiro atoms. The van der Waals surface area contributed by atoms with Crippen LogP contribution in [0.25, 0.3) is 0 Å². The fourth-order valence-corrected chi connectivity index (χ4v) is 0.0873. The van der Waals surface area contributed by atoms with Crippen molar-refractivity contribution in [2.45, 2.75) is 12.6 Å². The van der Waals surface area contributed by atoms with Crippen LogP contribution in [-0.2, 0) is 9.53 Å². The monoisotopic (exact) mass is 119 g/mol. The molecule has 0 aromatic carbocycles. The number of hydrogen-bond donors (Lipinski definition) is 2. The van der Waals surface area contributed by atoms with Gasteiger partial charge in [0.25, 0.3) is 0 Å². The van der Waals surface area contributed by atoms with Crippen LogP contribution in [0.2, 0.25) is 0 Å². The van der Waals surface area contributed by atoms with Gasteiger partial charge >= 0.3 is 5.97 Å². The Hall–Kier alpha value is -0.610. The number of rotatable bonds is 2. The minimum absolute atomic E-state index is 1.17. The topological polar surface area (TPSA) is 72.5 Å². The van der Waals surface area contributed by atoms with Crippen LogP contribution in [0.1, 0.15) is 6.92 Å². The molecule has 0 saturated carbocycles. The molecule has 0 rings (SSSR count). The highest BCUT2D eigenvalue weighted by Gasteiger charge is 2.26. The lowest BCUT2D eigenvalue weighted by Crippen LogP contribution is -2.46. The molecule has 0 fully saturated rings. The first-order valence-corrected chi connectivity index (χ1v) is 2.08. The van der Waals surface area contributed by atoms with Crippen LogP contribution in [0.4, 0.5) is 0 Å². The van der Waals surface area contributed by atoms with Crippen molar-refractivity contribution in [3.63, 3.8) is 0 Å². The van der Waals surface area contributed by atoms with Crippen LogP contribution in [0.15, 0.2) is 0 Å². The Balaban J connectivity index is 3.91. The van der Waals surface area contributed by atoms with Crippen LogP contribution in [0, 0.1) is 0 Å². The Kier molecular flexibility index (Phi) is 1.94. The van der Waals surface area contributed by atoms with Crippen LogP contribution < -0.4 is 5.73 Å². The third kappa shape index (κ3) is 1.48. The van der Waals surface area contributed by atoms with Gasteiger partial charge in [0.05, 0.1) is 0 Å². The molecule has 0 saturated heterocycles. The molecule has 0 aromatic heterocycles. The van der Waals surface area contributed by atoms with E-state index in [1.54, 1.807) is 0 Å². The van der Waals surface area contributed by atoms with Gasteiger partial charge in [-0.1, -0.05) is 0 Å². The number of carboxylic acids is 1. The first-order valence-electron chi connectivity index (χ1n) is 2.08. The molecule has 0 radical (unpaired) electrons. The highest BCUT2D eigenvalue weighted by atomic mass is 16.5. The summed E-state index contributed by atoms with van der Waals surface area (Å²) in [6.45, 7) is 1.27. The summed E-state index contributed by atoms with van der Waals surface area (Å²) in [6.07, 6.45) is 0. The molecule has 0 aliphatic rings. The minimum atomic E-state index is -1.54. The molecule has 8 heavy (non-hydrogen) atoms. The van der Waals surface area contributed by atoms with Crippen molar-refractivity contribution < 1.29 is 14.6 Å². The number of hydrogen-bond acceptors (Lipinski definition) is 3. The molecule has 4 heteroatoms. The lowest BCUT2D eigenvalue weighted by Gasteiger charge is -2.15. The van der Waals surface area contributed by atoms with E-state index in [4.69, 9.17) is 10.8 Å². The first kappa shape index (κ1) is 7.39. The fraction of sp³-hybridized carbons (Fsp3) is 0.750. The number of aliphatic carboxylic acids is 1. The zero-order chi connectivity index (χ0) is 6.78. The van der Waals surface area contributed by atoms with Crippen LogP contribution in [0.3, 0.4) is 0 Å². The average Bonchev–Trinajstić information content (AvgIpc) is 1.67. The average molecular weight is 119 g/mol. The van der Waals surface area contributed by atoms with Crippen molar-refractivity contribution in [2.24, 2.45) is 5.73 Å². The summed E-state index contributed by atoms with van der Waals surface area (Å²) in [5.41, 5.74) is 3.50. The Bertz CT molecular complexity index is 99.5. The van der Waals surface area contributed by atoms with E-state index < -0.39 is 11.7 Å². The van der Waals surface area contributed by atoms with Crippen molar-refractivity contribution in [1.29, 1.82) is 0 Å². The van der Waals surface area contributed by atoms with Gasteiger partial charge in [0.2, 0.25) is 5.72 Å². The molecule has 48 valence electrons. The minimum Gasteiger partial charge on any atom is -0.478 e. The molecular formula is C4H9NO3. The molecule has 0 aromatic rings. The summed E-state index contributed by atoms with van der Waals surface area (Å²) in [7, 11) is 1.24. The molecule has 0 unspecified atom stereocenters. The Morgan fingerprint density at radius 3 is 2.25 bits per heavy atom. The molecule has 1 atom stereocenters. The summed E-state index contributed by atoms with van der Waals surface area (Å²) in [6, 6.07) is 0. The van der Waals surface area contributed by atoms with Crippen molar-refractivity contribution in [3.05, 3.63) is 0 Å². The van der Waals surface area contributed by atoms with Crippen LogP contribution >= 0.6 is 0 Å². The largest absolute Gasteiger partial charge is 0.478 e. The molecule has 0 aliphatic carbocycles. The predicted octanol–water partition coefficient (Wildman–Crippen LogP) is -0.608. The first-order chi connectivity index (χ1) is 3.50. The van der Waals surface area contributed by atoms with E-state index >= 15 is 0 Å². The molecule has 0 aliphatic heterocycles. The van der Waals surface area contributed by atoms with Gasteiger partial charge in [0, 0.05) is 7.11 Å². The summed E-state index contributed by atoms with van der Waals surface area (Å²) >= 11 is 0.